The Balaban J connectivity index is 0.00000225. The fourth-order valence-electron chi connectivity index (χ4n) is 12.9. The van der Waals surface area contributed by atoms with Crippen molar-refractivity contribution in [3.05, 3.63) is 172 Å². The fourth-order valence-corrected chi connectivity index (χ4v) is 14.0. The van der Waals surface area contributed by atoms with E-state index in [4.69, 9.17) is 54.2 Å². The molecule has 0 radical (unpaired) electrons. The predicted molar refractivity (Wildman–Crippen MR) is 404 cm³/mol. The lowest BCUT2D eigenvalue weighted by Crippen LogP contribution is -2.46. The SMILES string of the molecule is CC1(C)C(=CC=C2CCCC(C=CC3=[N+](CCCCS(=O)(=O)O)c4ccccc4C3(C)C)=C2Oc2ccc(C[C@H](CC(=O)[C@H](Cc3ccccc3)NC(=O)CCOCCOCCCC(=O)CC[C@H](NC(=O)NCCCC(=O)O)C(=O)O)C(=O)O)cc2)N(CCCCS(=O)(=O)[O-])c2ccccc21.O=C=O.O=S(=O)=O.O=S(=O)=O. The predicted octanol–water partition coefficient (Wildman–Crippen LogP) is 7.25. The van der Waals surface area contributed by atoms with E-state index in [0.717, 1.165) is 57.0 Å². The van der Waals surface area contributed by atoms with E-state index in [2.05, 4.69) is 89.6 Å². The Kier molecular flexibility index (Phi) is 39.9. The number of urea groups is 1. The third kappa shape index (κ3) is 33.9. The van der Waals surface area contributed by atoms with Gasteiger partial charge in [-0.05, 0) is 143 Å². The minimum absolute atomic E-state index is 0.0181. The van der Waals surface area contributed by atoms with Crippen molar-refractivity contribution in [2.45, 2.75) is 160 Å². The summed E-state index contributed by atoms with van der Waals surface area (Å²) in [6, 6.07) is 29.1. The van der Waals surface area contributed by atoms with Crippen molar-refractivity contribution in [1.82, 2.24) is 16.0 Å². The quantitative estimate of drug-likeness (QED) is 0.0130. The number of carboxylic acid groups (broad SMARTS) is 3. The summed E-state index contributed by atoms with van der Waals surface area (Å²) in [7, 11) is -14.8. The number of anilines is 1. The Morgan fingerprint density at radius 1 is 0.643 bits per heavy atom. The normalized spacial score (nSPS) is 15.5. The molecule has 0 unspecified atom stereocenters. The Morgan fingerprint density at radius 3 is 1.88 bits per heavy atom. The number of para-hydroxylation sites is 2. The lowest BCUT2D eigenvalue weighted by Gasteiger charge is -2.28. The van der Waals surface area contributed by atoms with E-state index in [1.165, 1.54) is 0 Å². The van der Waals surface area contributed by atoms with Crippen molar-refractivity contribution in [1.29, 1.82) is 0 Å². The van der Waals surface area contributed by atoms with Crippen LogP contribution in [0.2, 0.25) is 0 Å². The number of carboxylic acids is 3. The average Bonchev–Trinajstić information content (AvgIpc) is 1.60. The molecule has 112 heavy (non-hydrogen) atoms. The molecule has 32 nitrogen and oxygen atoms in total. The first-order valence-electron chi connectivity index (χ1n) is 35.8. The third-order valence-corrected chi connectivity index (χ3v) is 19.8. The molecule has 3 amide bonds. The monoisotopic (exact) mass is 1640 g/mol. The zero-order valence-corrected chi connectivity index (χ0v) is 65.7. The summed E-state index contributed by atoms with van der Waals surface area (Å²) in [6.45, 7) is 10.0. The van der Waals surface area contributed by atoms with Crippen LogP contribution in [0.4, 0.5) is 16.2 Å². The van der Waals surface area contributed by atoms with Crippen molar-refractivity contribution >= 4 is 106 Å². The lowest BCUT2D eigenvalue weighted by atomic mass is 9.81. The van der Waals surface area contributed by atoms with Crippen LogP contribution in [-0.2, 0) is 113 Å². The largest absolute Gasteiger partial charge is 0.748 e. The number of ketones is 2. The van der Waals surface area contributed by atoms with E-state index < -0.39 is 112 Å². The number of allylic oxidation sites excluding steroid dienone is 7. The van der Waals surface area contributed by atoms with Crippen LogP contribution in [0, 0.1) is 5.92 Å². The lowest BCUT2D eigenvalue weighted by molar-refractivity contribution is -0.438. The molecule has 7 N–H and O–H groups in total. The molecule has 2 heterocycles. The third-order valence-electron chi connectivity index (χ3n) is 18.2. The molecule has 3 atom stereocenters. The topological polar surface area (TPSA) is 498 Å². The minimum Gasteiger partial charge on any atom is -0.748 e. The van der Waals surface area contributed by atoms with Gasteiger partial charge in [-0.25, -0.2) is 18.0 Å². The first-order chi connectivity index (χ1) is 52.9. The van der Waals surface area contributed by atoms with Crippen LogP contribution in [0.25, 0.3) is 0 Å². The summed E-state index contributed by atoms with van der Waals surface area (Å²) >= 11 is 0. The number of benzene rings is 4. The first kappa shape index (κ1) is 94.3. The summed E-state index contributed by atoms with van der Waals surface area (Å²) in [5.41, 5.74) is 8.40. The van der Waals surface area contributed by atoms with Crippen LogP contribution in [0.15, 0.2) is 150 Å². The highest BCUT2D eigenvalue weighted by Crippen LogP contribution is 2.48. The fraction of sp³-hybridized carbons (Fsp3) is 0.461. The molecule has 3 aliphatic rings. The number of aliphatic carboxylic acids is 3. The van der Waals surface area contributed by atoms with Crippen LogP contribution in [0.5, 0.6) is 5.75 Å². The van der Waals surface area contributed by atoms with Gasteiger partial charge in [-0.1, -0.05) is 98.8 Å². The zero-order valence-electron chi connectivity index (χ0n) is 62.4. The summed E-state index contributed by atoms with van der Waals surface area (Å²) in [5.74, 6) is -5.62. The number of carbonyl (C=O) groups is 7. The second-order valence-electron chi connectivity index (χ2n) is 27.1. The number of nitrogens with one attached hydrogen (secondary N) is 3. The number of amides is 3. The van der Waals surface area contributed by atoms with Crippen molar-refractivity contribution < 1.29 is 128 Å². The summed E-state index contributed by atoms with van der Waals surface area (Å²) in [4.78, 5) is 106. The number of hydrogen-bond acceptors (Lipinski definition) is 24. The number of hydrogen-bond donors (Lipinski definition) is 7. The molecule has 36 heteroatoms. The van der Waals surface area contributed by atoms with E-state index in [-0.39, 0.29) is 121 Å². The molecule has 4 aromatic carbocycles. The maximum atomic E-state index is 14.2. The van der Waals surface area contributed by atoms with Gasteiger partial charge in [0.15, 0.2) is 11.5 Å². The molecular formula is C76H95N5O27S4. The average molecular weight is 1640 g/mol. The molecule has 610 valence electrons. The second-order valence-corrected chi connectivity index (χ2v) is 31.0. The number of nitrogens with zero attached hydrogens (tertiary/aromatic N) is 2. The van der Waals surface area contributed by atoms with Crippen LogP contribution >= 0.6 is 0 Å². The molecule has 0 saturated carbocycles. The van der Waals surface area contributed by atoms with Crippen molar-refractivity contribution in [3.8, 4) is 5.75 Å². The Morgan fingerprint density at radius 2 is 1.25 bits per heavy atom. The number of Topliss-reactive ketones (excluding diaryl/α,β-unsaturated/α-hetero) is 2. The molecule has 2 aliphatic heterocycles. The number of unbranched alkanes of at least 4 members (excludes halogenated alkanes) is 2. The van der Waals surface area contributed by atoms with E-state index in [0.29, 0.717) is 62.3 Å². The van der Waals surface area contributed by atoms with Gasteiger partial charge in [0.2, 0.25) is 11.6 Å². The summed E-state index contributed by atoms with van der Waals surface area (Å²) < 4.78 is 139. The molecule has 0 spiro atoms. The summed E-state index contributed by atoms with van der Waals surface area (Å²) in [5, 5.41) is 36.3. The van der Waals surface area contributed by atoms with Gasteiger partial charge in [-0.2, -0.15) is 22.6 Å². The van der Waals surface area contributed by atoms with Gasteiger partial charge in [-0.15, -0.1) is 25.3 Å². The number of carbonyl (C=O) groups excluding carboxylic acids is 6. The molecule has 0 fully saturated rings. The number of ether oxygens (including phenoxy) is 3. The molecule has 0 saturated heterocycles. The van der Waals surface area contributed by atoms with Crippen LogP contribution in [-0.4, -0.2) is 194 Å². The summed E-state index contributed by atoms with van der Waals surface area (Å²) in [6.07, 6.45) is 11.9. The molecule has 0 aromatic heterocycles. The Labute approximate surface area is 653 Å². The molecule has 0 bridgehead atoms. The minimum atomic E-state index is -4.39. The van der Waals surface area contributed by atoms with Crippen molar-refractivity contribution in [2.75, 3.05) is 62.5 Å². The smallest absolute Gasteiger partial charge is 0.425 e. The van der Waals surface area contributed by atoms with Gasteiger partial charge in [0.25, 0.3) is 10.1 Å². The molecule has 1 aliphatic carbocycles. The Hall–Kier alpha value is -10.0. The van der Waals surface area contributed by atoms with Crippen LogP contribution in [0.3, 0.4) is 0 Å². The van der Waals surface area contributed by atoms with Gasteiger partial charge in [0.05, 0.1) is 53.1 Å². The van der Waals surface area contributed by atoms with Gasteiger partial charge in [0.1, 0.15) is 29.9 Å². The van der Waals surface area contributed by atoms with E-state index >= 15 is 0 Å². The van der Waals surface area contributed by atoms with Gasteiger partial charge in [0, 0.05) is 98.5 Å². The van der Waals surface area contributed by atoms with Crippen molar-refractivity contribution in [2.24, 2.45) is 5.92 Å². The highest BCUT2D eigenvalue weighted by molar-refractivity contribution is 7.85. The Bertz CT molecular complexity index is 4550. The zero-order chi connectivity index (χ0) is 83.2. The standard InChI is InChI=1S/C75H95N5O19S2.CO2.2O3S/c1-74(2)59-24-8-10-26-63(59)79(41-12-14-47-100(91,92)93)66(74)37-31-54-21-16-22-55(32-38-67-75(3,4)60-25-9-11-27-64(60)80(67)42-13-15-48-101(94,95)96)70(54)99-58-34-29-53(30-35-58)49-56(71(86)87)51-65(82)62(50-52-19-6-5-7-20-52)77-68(83)39-44-98-46-45-97-43-18-23-57(81)33-36-61(72(88)89)78-73(90)76-40-17-28-69(84)85;2-1-3;2*1-4(2)3/h5-11,19-20,24-27,29-32,34-35,37-38,56,61-62H,12-18,21-23,28,33,36,39-51H2,1-4H3,(H7-,76,77,78,83,84,85,86,87,88,89,90,91,92,93,94,95,96);;;/t56-,61+,62+;;;/m1.../s1. The number of rotatable bonds is 43. The van der Waals surface area contributed by atoms with Gasteiger partial charge >= 0.3 is 51.3 Å². The van der Waals surface area contributed by atoms with Gasteiger partial charge in [-0.3, -0.25) is 28.5 Å². The van der Waals surface area contributed by atoms with E-state index in [1.54, 1.807) is 36.4 Å². The number of fused-ring (bicyclic) bond motifs is 2. The molecule has 7 rings (SSSR count). The highest BCUT2D eigenvalue weighted by atomic mass is 32.2. The van der Waals surface area contributed by atoms with E-state index in [9.17, 15) is 69.7 Å². The first-order valence-corrected chi connectivity index (χ1v) is 40.9. The second kappa shape index (κ2) is 47.4. The molecule has 4 aromatic rings. The maximum Gasteiger partial charge on any atom is 0.425 e. The molecular weight excluding hydrogens is 1540 g/mol. The van der Waals surface area contributed by atoms with Crippen LogP contribution in [0.1, 0.15) is 146 Å². The highest BCUT2D eigenvalue weighted by Gasteiger charge is 2.44. The van der Waals surface area contributed by atoms with E-state index in [1.807, 2.05) is 54.6 Å². The maximum absolute atomic E-state index is 14.2. The van der Waals surface area contributed by atoms with Crippen molar-refractivity contribution in [3.63, 3.8) is 0 Å². The van der Waals surface area contributed by atoms with Crippen LogP contribution < -0.4 is 25.6 Å². The van der Waals surface area contributed by atoms with Gasteiger partial charge < -0.3 is 54.9 Å².